The van der Waals surface area contributed by atoms with E-state index in [9.17, 15) is 9.59 Å². The van der Waals surface area contributed by atoms with Gasteiger partial charge in [0.15, 0.2) is 0 Å². The van der Waals surface area contributed by atoms with Gasteiger partial charge in [0, 0.05) is 18.3 Å². The van der Waals surface area contributed by atoms with E-state index in [1.54, 1.807) is 4.57 Å². The average molecular weight is 436 g/mol. The van der Waals surface area contributed by atoms with Crippen molar-refractivity contribution in [1.29, 1.82) is 0 Å². The number of aromatic nitrogens is 2. The van der Waals surface area contributed by atoms with Crippen molar-refractivity contribution in [2.45, 2.75) is 65.6 Å². The third-order valence-electron chi connectivity index (χ3n) is 6.10. The first-order chi connectivity index (χ1) is 15.5. The topological polar surface area (TPSA) is 86.4 Å². The fourth-order valence-electron chi connectivity index (χ4n) is 4.23. The van der Waals surface area contributed by atoms with Crippen molar-refractivity contribution in [1.82, 2.24) is 15.0 Å². The van der Waals surface area contributed by atoms with Crippen LogP contribution >= 0.6 is 0 Å². The summed E-state index contributed by atoms with van der Waals surface area (Å²) in [5, 5.41) is 7.05. The summed E-state index contributed by atoms with van der Waals surface area (Å²) in [6.07, 6.45) is 3.55. The van der Waals surface area contributed by atoms with E-state index in [-0.39, 0.29) is 24.1 Å². The number of nitrogens with one attached hydrogen (secondary N) is 1. The lowest BCUT2D eigenvalue weighted by Crippen LogP contribution is -2.32. The van der Waals surface area contributed by atoms with Gasteiger partial charge in [-0.05, 0) is 45.6 Å². The molecule has 1 aromatic carbocycles. The van der Waals surface area contributed by atoms with Crippen LogP contribution in [0, 0.1) is 13.8 Å². The molecule has 1 unspecified atom stereocenters. The highest BCUT2D eigenvalue weighted by atomic mass is 16.5. The number of nitrogens with zero attached hydrogens (tertiary/aromatic N) is 2. The molecule has 0 aliphatic carbocycles. The van der Waals surface area contributed by atoms with E-state index in [0.29, 0.717) is 30.0 Å². The minimum absolute atomic E-state index is 0.136. The summed E-state index contributed by atoms with van der Waals surface area (Å²) in [6.45, 7) is 6.41. The SMILES string of the molecule is Cc1noc(C)c1COc1cc(=O)n2c(c1C(=O)NC(C)c1ccccc1)CCCCC2. The first-order valence-electron chi connectivity index (χ1n) is 11.1. The van der Waals surface area contributed by atoms with Gasteiger partial charge in [0.1, 0.15) is 23.7 Å². The number of hydrogen-bond acceptors (Lipinski definition) is 5. The minimum atomic E-state index is -0.235. The molecule has 7 heteroatoms. The highest BCUT2D eigenvalue weighted by Gasteiger charge is 2.25. The molecule has 3 heterocycles. The number of rotatable bonds is 6. The maximum Gasteiger partial charge on any atom is 0.257 e. The minimum Gasteiger partial charge on any atom is -0.488 e. The zero-order valence-corrected chi connectivity index (χ0v) is 18.8. The highest BCUT2D eigenvalue weighted by molar-refractivity contribution is 5.98. The molecule has 0 radical (unpaired) electrons. The molecule has 3 aromatic rings. The van der Waals surface area contributed by atoms with Gasteiger partial charge >= 0.3 is 0 Å². The molecule has 0 saturated heterocycles. The summed E-state index contributed by atoms with van der Waals surface area (Å²) in [4.78, 5) is 26.4. The number of fused-ring (bicyclic) bond motifs is 1. The molecule has 0 spiro atoms. The van der Waals surface area contributed by atoms with Crippen molar-refractivity contribution < 1.29 is 14.1 Å². The van der Waals surface area contributed by atoms with Crippen LogP contribution in [0.15, 0.2) is 45.7 Å². The van der Waals surface area contributed by atoms with Gasteiger partial charge in [-0.15, -0.1) is 0 Å². The summed E-state index contributed by atoms with van der Waals surface area (Å²) < 4.78 is 13.0. The molecule has 0 saturated carbocycles. The molecule has 4 rings (SSSR count). The second-order valence-corrected chi connectivity index (χ2v) is 8.33. The number of hydrogen-bond donors (Lipinski definition) is 1. The molecular weight excluding hydrogens is 406 g/mol. The smallest absolute Gasteiger partial charge is 0.257 e. The average Bonchev–Trinajstić information content (AvgIpc) is 2.96. The first kappa shape index (κ1) is 21.9. The second-order valence-electron chi connectivity index (χ2n) is 8.33. The van der Waals surface area contributed by atoms with Crippen LogP contribution in [0.1, 0.15) is 70.9 Å². The third-order valence-corrected chi connectivity index (χ3v) is 6.10. The van der Waals surface area contributed by atoms with Crippen molar-refractivity contribution in [2.75, 3.05) is 0 Å². The standard InChI is InChI=1S/C25H29N3O4/c1-16(19-10-6-4-7-11-19)26-25(30)24-21-12-8-5-9-13-28(21)23(29)14-22(24)31-15-20-17(2)27-32-18(20)3/h4,6-7,10-11,14,16H,5,8-9,12-13,15H2,1-3H3,(H,26,30). The van der Waals surface area contributed by atoms with Crippen LogP contribution in [0.25, 0.3) is 0 Å². The van der Waals surface area contributed by atoms with Crippen LogP contribution in [-0.2, 0) is 19.6 Å². The van der Waals surface area contributed by atoms with Gasteiger partial charge < -0.3 is 19.1 Å². The largest absolute Gasteiger partial charge is 0.488 e. The molecule has 0 bridgehead atoms. The number of carbonyl (C=O) groups is 1. The summed E-state index contributed by atoms with van der Waals surface area (Å²) >= 11 is 0. The molecule has 1 atom stereocenters. The molecule has 32 heavy (non-hydrogen) atoms. The Morgan fingerprint density at radius 1 is 1.22 bits per heavy atom. The number of benzene rings is 1. The highest BCUT2D eigenvalue weighted by Crippen LogP contribution is 2.27. The van der Waals surface area contributed by atoms with E-state index < -0.39 is 0 Å². The Labute approximate surface area is 187 Å². The molecule has 168 valence electrons. The number of ether oxygens (including phenoxy) is 1. The lowest BCUT2D eigenvalue weighted by molar-refractivity contribution is 0.0933. The summed E-state index contributed by atoms with van der Waals surface area (Å²) in [5.41, 5.74) is 3.63. The van der Waals surface area contributed by atoms with Gasteiger partial charge in [0.05, 0.1) is 17.3 Å². The van der Waals surface area contributed by atoms with Crippen LogP contribution in [0.2, 0.25) is 0 Å². The van der Waals surface area contributed by atoms with Gasteiger partial charge in [-0.25, -0.2) is 0 Å². The normalized spacial score (nSPS) is 14.3. The zero-order valence-electron chi connectivity index (χ0n) is 18.8. The van der Waals surface area contributed by atoms with Crippen LogP contribution < -0.4 is 15.6 Å². The van der Waals surface area contributed by atoms with Crippen LogP contribution in [0.3, 0.4) is 0 Å². The van der Waals surface area contributed by atoms with Crippen molar-refractivity contribution >= 4 is 5.91 Å². The monoisotopic (exact) mass is 435 g/mol. The Balaban J connectivity index is 1.70. The van der Waals surface area contributed by atoms with Gasteiger partial charge in [-0.2, -0.15) is 0 Å². The number of pyridine rings is 1. The Kier molecular flexibility index (Phi) is 6.44. The molecule has 1 aliphatic rings. The van der Waals surface area contributed by atoms with Crippen molar-refractivity contribution in [3.63, 3.8) is 0 Å². The Morgan fingerprint density at radius 3 is 2.72 bits per heavy atom. The Bertz CT molecular complexity index is 1140. The van der Waals surface area contributed by atoms with Gasteiger partial charge in [0.2, 0.25) is 0 Å². The quantitative estimate of drug-likeness (QED) is 0.626. The molecular formula is C25H29N3O4. The molecule has 1 amide bonds. The molecule has 1 aliphatic heterocycles. The number of carbonyl (C=O) groups excluding carboxylic acids is 1. The summed E-state index contributed by atoms with van der Waals surface area (Å²) in [7, 11) is 0. The summed E-state index contributed by atoms with van der Waals surface area (Å²) in [5.74, 6) is 0.736. The maximum atomic E-state index is 13.5. The van der Waals surface area contributed by atoms with E-state index in [1.165, 1.54) is 6.07 Å². The lowest BCUT2D eigenvalue weighted by atomic mass is 10.0. The van der Waals surface area contributed by atoms with E-state index in [1.807, 2.05) is 51.1 Å². The van der Waals surface area contributed by atoms with Crippen molar-refractivity contribution in [3.05, 3.63) is 80.6 Å². The van der Waals surface area contributed by atoms with Gasteiger partial charge in [-0.3, -0.25) is 9.59 Å². The third kappa shape index (κ3) is 4.47. The zero-order chi connectivity index (χ0) is 22.7. The predicted octanol–water partition coefficient (Wildman–Crippen LogP) is 4.25. The Hall–Kier alpha value is -3.35. The van der Waals surface area contributed by atoms with Crippen molar-refractivity contribution in [2.24, 2.45) is 0 Å². The molecule has 0 fully saturated rings. The van der Waals surface area contributed by atoms with Crippen LogP contribution in [0.5, 0.6) is 5.75 Å². The number of amides is 1. The van der Waals surface area contributed by atoms with Crippen LogP contribution in [0.4, 0.5) is 0 Å². The molecule has 2 aromatic heterocycles. The van der Waals surface area contributed by atoms with Crippen molar-refractivity contribution in [3.8, 4) is 5.75 Å². The maximum absolute atomic E-state index is 13.5. The van der Waals surface area contributed by atoms with E-state index in [4.69, 9.17) is 9.26 Å². The fraction of sp³-hybridized carbons (Fsp3) is 0.400. The van der Waals surface area contributed by atoms with Gasteiger partial charge in [0.25, 0.3) is 11.5 Å². The van der Waals surface area contributed by atoms with Gasteiger partial charge in [-0.1, -0.05) is 41.9 Å². The first-order valence-corrected chi connectivity index (χ1v) is 11.1. The fourth-order valence-corrected chi connectivity index (χ4v) is 4.23. The molecule has 7 nitrogen and oxygen atoms in total. The lowest BCUT2D eigenvalue weighted by Gasteiger charge is -2.21. The Morgan fingerprint density at radius 2 is 2.00 bits per heavy atom. The van der Waals surface area contributed by atoms with Crippen LogP contribution in [-0.4, -0.2) is 15.6 Å². The van der Waals surface area contributed by atoms with E-state index >= 15 is 0 Å². The molecule has 1 N–H and O–H groups in total. The predicted molar refractivity (Wildman–Crippen MR) is 121 cm³/mol. The second kappa shape index (κ2) is 9.42. The van der Waals surface area contributed by atoms with E-state index in [2.05, 4.69) is 10.5 Å². The number of aryl methyl sites for hydroxylation is 2. The summed E-state index contributed by atoms with van der Waals surface area (Å²) in [6, 6.07) is 11.1. The van der Waals surface area contributed by atoms with E-state index in [0.717, 1.165) is 41.8 Å².